The van der Waals surface area contributed by atoms with Crippen LogP contribution in [0, 0.1) is 17.8 Å². The van der Waals surface area contributed by atoms with Gasteiger partial charge in [0.1, 0.15) is 0 Å². The third-order valence-corrected chi connectivity index (χ3v) is 4.35. The topological polar surface area (TPSA) is 55.9 Å². The smallest absolute Gasteiger partial charge is 0.0640 e. The Morgan fingerprint density at radius 3 is 2.88 bits per heavy atom. The van der Waals surface area contributed by atoms with Crippen molar-refractivity contribution in [2.45, 2.75) is 31.7 Å². The van der Waals surface area contributed by atoms with Crippen LogP contribution in [0.15, 0.2) is 12.3 Å². The highest BCUT2D eigenvalue weighted by Gasteiger charge is 2.55. The van der Waals surface area contributed by atoms with Gasteiger partial charge in [-0.2, -0.15) is 5.10 Å². The van der Waals surface area contributed by atoms with E-state index in [0.717, 1.165) is 29.9 Å². The van der Waals surface area contributed by atoms with Gasteiger partial charge in [0.2, 0.25) is 0 Å². The van der Waals surface area contributed by atoms with E-state index in [4.69, 9.17) is 5.84 Å². The van der Waals surface area contributed by atoms with Gasteiger partial charge in [-0.1, -0.05) is 6.42 Å². The van der Waals surface area contributed by atoms with Crippen molar-refractivity contribution in [3.05, 3.63) is 18.0 Å². The van der Waals surface area contributed by atoms with E-state index in [2.05, 4.69) is 16.6 Å². The normalized spacial score (nSPS) is 33.8. The standard InChI is InChI=1S/C12H20N4/c1-16-6-5-8(15-16)7-11(14-13)12-9-3-2-4-10(9)12/h5-6,9-12,14H,2-4,7,13H2,1H3. The molecular weight excluding hydrogens is 200 g/mol. The summed E-state index contributed by atoms with van der Waals surface area (Å²) in [6.07, 6.45) is 7.21. The monoisotopic (exact) mass is 220 g/mol. The van der Waals surface area contributed by atoms with Gasteiger partial charge in [0.05, 0.1) is 5.69 Å². The first-order chi connectivity index (χ1) is 7.79. The zero-order valence-electron chi connectivity index (χ0n) is 9.76. The highest BCUT2D eigenvalue weighted by Crippen LogP contribution is 2.59. The molecule has 2 aliphatic carbocycles. The van der Waals surface area contributed by atoms with E-state index < -0.39 is 0 Å². The van der Waals surface area contributed by atoms with Crippen LogP contribution >= 0.6 is 0 Å². The summed E-state index contributed by atoms with van der Waals surface area (Å²) >= 11 is 0. The van der Waals surface area contributed by atoms with Crippen LogP contribution in [0.3, 0.4) is 0 Å². The lowest BCUT2D eigenvalue weighted by Gasteiger charge is -2.16. The average Bonchev–Trinajstić information content (AvgIpc) is 2.70. The predicted molar refractivity (Wildman–Crippen MR) is 62.3 cm³/mol. The number of hydrazine groups is 1. The van der Waals surface area contributed by atoms with E-state index in [1.165, 1.54) is 19.3 Å². The Hall–Kier alpha value is -0.870. The predicted octanol–water partition coefficient (Wildman–Crippen LogP) is 0.841. The summed E-state index contributed by atoms with van der Waals surface area (Å²) in [7, 11) is 1.96. The third kappa shape index (κ3) is 1.66. The Morgan fingerprint density at radius 1 is 1.56 bits per heavy atom. The molecule has 0 aromatic carbocycles. The second kappa shape index (κ2) is 3.86. The number of hydrogen-bond donors (Lipinski definition) is 2. The lowest BCUT2D eigenvalue weighted by molar-refractivity contribution is 0.406. The lowest BCUT2D eigenvalue weighted by Crippen LogP contribution is -2.39. The van der Waals surface area contributed by atoms with Crippen molar-refractivity contribution in [2.75, 3.05) is 0 Å². The SMILES string of the molecule is Cn1ccc(CC(NN)C2C3CCCC32)n1. The number of nitrogens with one attached hydrogen (secondary N) is 1. The summed E-state index contributed by atoms with van der Waals surface area (Å²) in [6, 6.07) is 2.51. The van der Waals surface area contributed by atoms with E-state index in [-0.39, 0.29) is 0 Å². The number of hydrogen-bond acceptors (Lipinski definition) is 3. The maximum absolute atomic E-state index is 5.69. The zero-order chi connectivity index (χ0) is 11.1. The third-order valence-electron chi connectivity index (χ3n) is 4.35. The second-order valence-corrected chi connectivity index (χ2v) is 5.29. The highest BCUT2D eigenvalue weighted by atomic mass is 15.3. The van der Waals surface area contributed by atoms with Crippen molar-refractivity contribution in [1.29, 1.82) is 0 Å². The van der Waals surface area contributed by atoms with E-state index >= 15 is 0 Å². The van der Waals surface area contributed by atoms with Crippen LogP contribution in [0.5, 0.6) is 0 Å². The molecule has 0 saturated heterocycles. The van der Waals surface area contributed by atoms with Gasteiger partial charge in [-0.3, -0.25) is 16.0 Å². The van der Waals surface area contributed by atoms with E-state index in [9.17, 15) is 0 Å². The number of aromatic nitrogens is 2. The summed E-state index contributed by atoms with van der Waals surface area (Å²) in [5.41, 5.74) is 4.15. The first-order valence-corrected chi connectivity index (χ1v) is 6.24. The van der Waals surface area contributed by atoms with Crippen molar-refractivity contribution in [3.8, 4) is 0 Å². The van der Waals surface area contributed by atoms with Crippen LogP contribution in [-0.4, -0.2) is 15.8 Å². The lowest BCUT2D eigenvalue weighted by atomic mass is 10.0. The molecule has 1 heterocycles. The number of nitrogens with two attached hydrogens (primary N) is 1. The zero-order valence-corrected chi connectivity index (χ0v) is 9.76. The molecule has 3 N–H and O–H groups in total. The van der Waals surface area contributed by atoms with E-state index in [0.29, 0.717) is 6.04 Å². The number of fused-ring (bicyclic) bond motifs is 1. The fourth-order valence-corrected chi connectivity index (χ4v) is 3.58. The molecule has 88 valence electrons. The van der Waals surface area contributed by atoms with Gasteiger partial charge in [0, 0.05) is 25.7 Å². The summed E-state index contributed by atoms with van der Waals surface area (Å²) in [4.78, 5) is 0. The van der Waals surface area contributed by atoms with Gasteiger partial charge in [0.15, 0.2) is 0 Å². The molecule has 0 spiro atoms. The van der Waals surface area contributed by atoms with Crippen LogP contribution < -0.4 is 11.3 Å². The summed E-state index contributed by atoms with van der Waals surface area (Å²) < 4.78 is 1.86. The molecule has 16 heavy (non-hydrogen) atoms. The summed E-state index contributed by atoms with van der Waals surface area (Å²) in [6.45, 7) is 0. The Bertz CT molecular complexity index is 363. The van der Waals surface area contributed by atoms with Gasteiger partial charge >= 0.3 is 0 Å². The highest BCUT2D eigenvalue weighted by molar-refractivity contribution is 5.10. The van der Waals surface area contributed by atoms with Crippen molar-refractivity contribution >= 4 is 0 Å². The van der Waals surface area contributed by atoms with Crippen molar-refractivity contribution in [1.82, 2.24) is 15.2 Å². The molecule has 1 aromatic heterocycles. The van der Waals surface area contributed by atoms with Crippen LogP contribution in [0.2, 0.25) is 0 Å². The Labute approximate surface area is 96.2 Å². The quantitative estimate of drug-likeness (QED) is 0.584. The van der Waals surface area contributed by atoms with Crippen molar-refractivity contribution in [3.63, 3.8) is 0 Å². The second-order valence-electron chi connectivity index (χ2n) is 5.29. The van der Waals surface area contributed by atoms with Crippen LogP contribution in [-0.2, 0) is 13.5 Å². The summed E-state index contributed by atoms with van der Waals surface area (Å²) in [5.74, 6) is 8.39. The molecule has 2 fully saturated rings. The molecule has 0 amide bonds. The number of nitrogens with zero attached hydrogens (tertiary/aromatic N) is 2. The molecule has 2 saturated carbocycles. The molecule has 0 radical (unpaired) electrons. The van der Waals surface area contributed by atoms with Crippen molar-refractivity contribution < 1.29 is 0 Å². The fraction of sp³-hybridized carbons (Fsp3) is 0.750. The summed E-state index contributed by atoms with van der Waals surface area (Å²) in [5, 5.41) is 4.42. The average molecular weight is 220 g/mol. The number of rotatable bonds is 4. The van der Waals surface area contributed by atoms with Gasteiger partial charge < -0.3 is 0 Å². The van der Waals surface area contributed by atoms with Gasteiger partial charge in [0.25, 0.3) is 0 Å². The molecule has 3 atom stereocenters. The molecule has 3 rings (SSSR count). The Kier molecular flexibility index (Phi) is 2.48. The Balaban J connectivity index is 1.64. The Morgan fingerprint density at radius 2 is 2.31 bits per heavy atom. The number of aryl methyl sites for hydroxylation is 1. The van der Waals surface area contributed by atoms with Gasteiger partial charge in [-0.05, 0) is 36.7 Å². The van der Waals surface area contributed by atoms with Crippen molar-refractivity contribution in [2.24, 2.45) is 30.6 Å². The van der Waals surface area contributed by atoms with E-state index in [1.807, 2.05) is 17.9 Å². The minimum Gasteiger partial charge on any atom is -0.276 e. The minimum absolute atomic E-state index is 0.421. The molecule has 4 nitrogen and oxygen atoms in total. The molecule has 1 aromatic rings. The van der Waals surface area contributed by atoms with E-state index in [1.54, 1.807) is 0 Å². The largest absolute Gasteiger partial charge is 0.276 e. The minimum atomic E-state index is 0.421. The molecule has 0 aliphatic heterocycles. The first kappa shape index (κ1) is 10.3. The molecular formula is C12H20N4. The van der Waals surface area contributed by atoms with Crippen LogP contribution in [0.25, 0.3) is 0 Å². The first-order valence-electron chi connectivity index (χ1n) is 6.24. The molecule has 4 heteroatoms. The van der Waals surface area contributed by atoms with Gasteiger partial charge in [-0.15, -0.1) is 0 Å². The van der Waals surface area contributed by atoms with Crippen LogP contribution in [0.4, 0.5) is 0 Å². The maximum Gasteiger partial charge on any atom is 0.0640 e. The molecule has 2 aliphatic rings. The molecule has 3 unspecified atom stereocenters. The van der Waals surface area contributed by atoms with Gasteiger partial charge in [-0.25, -0.2) is 0 Å². The molecule has 0 bridgehead atoms. The van der Waals surface area contributed by atoms with Crippen LogP contribution in [0.1, 0.15) is 25.0 Å². The maximum atomic E-state index is 5.69. The fourth-order valence-electron chi connectivity index (χ4n) is 3.58.